The molecular weight excluding hydrogens is 224 g/mol. The van der Waals surface area contributed by atoms with Crippen LogP contribution in [0.1, 0.15) is 5.56 Å². The number of thiophene rings is 1. The van der Waals surface area contributed by atoms with E-state index in [1.54, 1.807) is 11.3 Å². The van der Waals surface area contributed by atoms with E-state index in [1.807, 2.05) is 17.3 Å². The van der Waals surface area contributed by atoms with Gasteiger partial charge in [0.25, 0.3) is 0 Å². The Kier molecular flexibility index (Phi) is 2.86. The van der Waals surface area contributed by atoms with Crippen LogP contribution < -0.4 is 16.4 Å². The molecule has 0 fully saturated rings. The van der Waals surface area contributed by atoms with Gasteiger partial charge in [0.05, 0.1) is 0 Å². The maximum Gasteiger partial charge on any atom is 0.231 e. The Balaban J connectivity index is 2.17. The van der Waals surface area contributed by atoms with Crippen LogP contribution in [0, 0.1) is 0 Å². The highest BCUT2D eigenvalue weighted by Gasteiger charge is 2.08. The van der Waals surface area contributed by atoms with Gasteiger partial charge in [0.1, 0.15) is 0 Å². The fraction of sp³-hybridized carbons (Fsp3) is 0.222. The van der Waals surface area contributed by atoms with E-state index in [4.69, 9.17) is 11.5 Å². The van der Waals surface area contributed by atoms with Crippen LogP contribution in [-0.2, 0) is 6.54 Å². The molecule has 0 saturated carbocycles. The molecule has 0 aliphatic rings. The monoisotopic (exact) mass is 236 g/mol. The van der Waals surface area contributed by atoms with E-state index in [0.29, 0.717) is 12.5 Å². The largest absolute Gasteiger partial charge is 0.368 e. The van der Waals surface area contributed by atoms with E-state index in [0.717, 1.165) is 0 Å². The molecule has 0 aliphatic heterocycles. The lowest BCUT2D eigenvalue weighted by Gasteiger charge is -2.16. The van der Waals surface area contributed by atoms with Crippen LogP contribution >= 0.6 is 11.3 Å². The molecule has 2 rings (SSSR count). The molecular formula is C9H12N6S. The van der Waals surface area contributed by atoms with Gasteiger partial charge in [-0.1, -0.05) is 0 Å². The number of hydrogen-bond donors (Lipinski definition) is 2. The molecule has 6 nitrogen and oxygen atoms in total. The normalized spacial score (nSPS) is 10.3. The summed E-state index contributed by atoms with van der Waals surface area (Å²) in [4.78, 5) is 13.6. The van der Waals surface area contributed by atoms with Gasteiger partial charge in [0, 0.05) is 13.6 Å². The molecule has 84 valence electrons. The Hall–Kier alpha value is -1.89. The van der Waals surface area contributed by atoms with E-state index in [-0.39, 0.29) is 11.9 Å². The van der Waals surface area contributed by atoms with Gasteiger partial charge < -0.3 is 16.4 Å². The van der Waals surface area contributed by atoms with Crippen molar-refractivity contribution < 1.29 is 0 Å². The van der Waals surface area contributed by atoms with E-state index < -0.39 is 0 Å². The molecule has 0 aliphatic carbocycles. The topological polar surface area (TPSA) is 94.0 Å². The molecule has 0 amide bonds. The summed E-state index contributed by atoms with van der Waals surface area (Å²) in [5.41, 5.74) is 12.2. The van der Waals surface area contributed by atoms with Gasteiger partial charge in [-0.2, -0.15) is 26.3 Å². The fourth-order valence-electron chi connectivity index (χ4n) is 1.30. The van der Waals surface area contributed by atoms with Crippen LogP contribution in [0.5, 0.6) is 0 Å². The van der Waals surface area contributed by atoms with E-state index in [2.05, 4.69) is 26.4 Å². The van der Waals surface area contributed by atoms with Crippen LogP contribution in [-0.4, -0.2) is 22.0 Å². The molecule has 4 N–H and O–H groups in total. The molecule has 0 spiro atoms. The zero-order valence-corrected chi connectivity index (χ0v) is 9.61. The van der Waals surface area contributed by atoms with Gasteiger partial charge in [-0.05, 0) is 22.4 Å². The number of anilines is 3. The zero-order valence-electron chi connectivity index (χ0n) is 8.79. The lowest BCUT2D eigenvalue weighted by Crippen LogP contribution is -2.20. The molecule has 0 radical (unpaired) electrons. The van der Waals surface area contributed by atoms with Gasteiger partial charge in [0.2, 0.25) is 17.8 Å². The van der Waals surface area contributed by atoms with Crippen molar-refractivity contribution in [2.24, 2.45) is 0 Å². The smallest absolute Gasteiger partial charge is 0.231 e. The van der Waals surface area contributed by atoms with Crippen LogP contribution in [0.3, 0.4) is 0 Å². The lowest BCUT2D eigenvalue weighted by atomic mass is 10.3. The number of nitrogens with zero attached hydrogens (tertiary/aromatic N) is 4. The summed E-state index contributed by atoms with van der Waals surface area (Å²) in [5.74, 6) is 0.760. The highest BCUT2D eigenvalue weighted by Crippen LogP contribution is 2.13. The van der Waals surface area contributed by atoms with Crippen molar-refractivity contribution in [1.29, 1.82) is 0 Å². The first-order chi connectivity index (χ1) is 7.65. The summed E-state index contributed by atoms with van der Waals surface area (Å²) in [7, 11) is 1.88. The zero-order chi connectivity index (χ0) is 11.5. The average molecular weight is 236 g/mol. The summed E-state index contributed by atoms with van der Waals surface area (Å²) in [5, 5.41) is 4.10. The highest BCUT2D eigenvalue weighted by atomic mass is 32.1. The fourth-order valence-corrected chi connectivity index (χ4v) is 1.95. The molecule has 16 heavy (non-hydrogen) atoms. The number of hydrogen-bond acceptors (Lipinski definition) is 7. The van der Waals surface area contributed by atoms with Crippen molar-refractivity contribution in [3.05, 3.63) is 22.4 Å². The van der Waals surface area contributed by atoms with E-state index in [1.165, 1.54) is 5.56 Å². The van der Waals surface area contributed by atoms with Crippen molar-refractivity contribution >= 4 is 29.2 Å². The molecule has 0 unspecified atom stereocenters. The Morgan fingerprint density at radius 1 is 1.25 bits per heavy atom. The molecule has 0 atom stereocenters. The van der Waals surface area contributed by atoms with Crippen molar-refractivity contribution in [1.82, 2.24) is 15.0 Å². The summed E-state index contributed by atoms with van der Waals surface area (Å²) in [6.07, 6.45) is 0. The third-order valence-corrected chi connectivity index (χ3v) is 2.73. The molecule has 0 saturated heterocycles. The van der Waals surface area contributed by atoms with Crippen LogP contribution in [0.2, 0.25) is 0 Å². The minimum Gasteiger partial charge on any atom is -0.368 e. The van der Waals surface area contributed by atoms with Crippen molar-refractivity contribution in [3.8, 4) is 0 Å². The maximum absolute atomic E-state index is 5.50. The van der Waals surface area contributed by atoms with E-state index in [9.17, 15) is 0 Å². The number of rotatable bonds is 3. The van der Waals surface area contributed by atoms with Crippen molar-refractivity contribution in [2.45, 2.75) is 6.54 Å². The minimum absolute atomic E-state index is 0.139. The second-order valence-corrected chi connectivity index (χ2v) is 4.12. The summed E-state index contributed by atoms with van der Waals surface area (Å²) in [6, 6.07) is 2.05. The van der Waals surface area contributed by atoms with Crippen molar-refractivity contribution in [2.75, 3.05) is 23.4 Å². The molecule has 2 aromatic rings. The van der Waals surface area contributed by atoms with Gasteiger partial charge in [-0.3, -0.25) is 0 Å². The predicted octanol–water partition coefficient (Wildman–Crippen LogP) is 0.734. The van der Waals surface area contributed by atoms with Gasteiger partial charge in [-0.25, -0.2) is 0 Å². The third-order valence-electron chi connectivity index (χ3n) is 2.00. The first-order valence-electron chi connectivity index (χ1n) is 4.64. The van der Waals surface area contributed by atoms with Crippen LogP contribution in [0.4, 0.5) is 17.8 Å². The molecule has 7 heteroatoms. The number of nitrogen functional groups attached to an aromatic ring is 2. The summed E-state index contributed by atoms with van der Waals surface area (Å²) >= 11 is 1.65. The SMILES string of the molecule is CN(Cc1ccsc1)c1nc(N)nc(N)n1. The molecule has 2 heterocycles. The second kappa shape index (κ2) is 4.31. The predicted molar refractivity (Wildman–Crippen MR) is 65.1 cm³/mol. The standard InChI is InChI=1S/C9H12N6S/c1-15(4-6-2-3-16-5-6)9-13-7(10)12-8(11)14-9/h2-3,5H,4H2,1H3,(H4,10,11,12,13,14). The molecule has 0 bridgehead atoms. The number of nitrogens with two attached hydrogens (primary N) is 2. The molecule has 2 aromatic heterocycles. The third kappa shape index (κ3) is 2.37. The Morgan fingerprint density at radius 2 is 1.94 bits per heavy atom. The van der Waals surface area contributed by atoms with E-state index >= 15 is 0 Å². The van der Waals surface area contributed by atoms with Crippen LogP contribution in [0.25, 0.3) is 0 Å². The van der Waals surface area contributed by atoms with Gasteiger partial charge in [-0.15, -0.1) is 0 Å². The van der Waals surface area contributed by atoms with Gasteiger partial charge in [0.15, 0.2) is 0 Å². The first kappa shape index (κ1) is 10.6. The highest BCUT2D eigenvalue weighted by molar-refractivity contribution is 7.07. The summed E-state index contributed by atoms with van der Waals surface area (Å²) in [6.45, 7) is 0.715. The second-order valence-electron chi connectivity index (χ2n) is 3.34. The Bertz CT molecular complexity index is 449. The quantitative estimate of drug-likeness (QED) is 0.816. The Morgan fingerprint density at radius 3 is 2.50 bits per heavy atom. The first-order valence-corrected chi connectivity index (χ1v) is 5.58. The molecule has 0 aromatic carbocycles. The lowest BCUT2D eigenvalue weighted by molar-refractivity contribution is 0.862. The Labute approximate surface area is 97.0 Å². The van der Waals surface area contributed by atoms with Gasteiger partial charge >= 0.3 is 0 Å². The van der Waals surface area contributed by atoms with Crippen LogP contribution in [0.15, 0.2) is 16.8 Å². The average Bonchev–Trinajstić information content (AvgIpc) is 2.68. The minimum atomic E-state index is 0.139. The number of aromatic nitrogens is 3. The summed E-state index contributed by atoms with van der Waals surface area (Å²) < 4.78 is 0. The van der Waals surface area contributed by atoms with Crippen molar-refractivity contribution in [3.63, 3.8) is 0 Å². The maximum atomic E-state index is 5.50.